The van der Waals surface area contributed by atoms with Gasteiger partial charge in [0, 0.05) is 16.7 Å². The number of hydrogen-bond acceptors (Lipinski definition) is 2. The third-order valence-electron chi connectivity index (χ3n) is 2.80. The minimum absolute atomic E-state index is 0.0621. The van der Waals surface area contributed by atoms with Gasteiger partial charge in [0.2, 0.25) is 0 Å². The summed E-state index contributed by atoms with van der Waals surface area (Å²) < 4.78 is 13.6. The second-order valence-electron chi connectivity index (χ2n) is 4.39. The molecule has 0 aliphatic heterocycles. The standard InChI is InChI=1S/C15H15BrFNS/c1-10(18)12-3-5-13(6-4-12)19-9-11-2-7-15(17)14(16)8-11/h2-8,10H,9,18H2,1H3. The number of halogens is 2. The molecule has 1 atom stereocenters. The summed E-state index contributed by atoms with van der Waals surface area (Å²) in [6.07, 6.45) is 0. The Labute approximate surface area is 125 Å². The van der Waals surface area contributed by atoms with Gasteiger partial charge in [-0.25, -0.2) is 4.39 Å². The molecule has 0 radical (unpaired) electrons. The maximum Gasteiger partial charge on any atom is 0.137 e. The average Bonchev–Trinajstić information content (AvgIpc) is 2.40. The maximum absolute atomic E-state index is 13.1. The molecular formula is C15H15BrFNS. The van der Waals surface area contributed by atoms with Gasteiger partial charge in [-0.3, -0.25) is 0 Å². The minimum Gasteiger partial charge on any atom is -0.324 e. The van der Waals surface area contributed by atoms with Crippen LogP contribution < -0.4 is 5.73 Å². The van der Waals surface area contributed by atoms with E-state index in [0.717, 1.165) is 16.9 Å². The monoisotopic (exact) mass is 339 g/mol. The zero-order valence-corrected chi connectivity index (χ0v) is 13.0. The number of benzene rings is 2. The molecule has 0 aliphatic rings. The Balaban J connectivity index is 2.00. The molecule has 2 N–H and O–H groups in total. The fraction of sp³-hybridized carbons (Fsp3) is 0.200. The third kappa shape index (κ3) is 4.06. The van der Waals surface area contributed by atoms with Crippen LogP contribution in [-0.2, 0) is 5.75 Å². The Hall–Kier alpha value is -0.840. The van der Waals surface area contributed by atoms with Crippen LogP contribution in [-0.4, -0.2) is 0 Å². The molecule has 0 fully saturated rings. The van der Waals surface area contributed by atoms with Gasteiger partial charge in [-0.05, 0) is 58.2 Å². The number of thioether (sulfide) groups is 1. The molecule has 0 saturated carbocycles. The molecule has 0 amide bonds. The Morgan fingerprint density at radius 3 is 2.47 bits per heavy atom. The van der Waals surface area contributed by atoms with Crippen LogP contribution in [0.15, 0.2) is 51.8 Å². The van der Waals surface area contributed by atoms with E-state index in [0.29, 0.717) is 4.47 Å². The van der Waals surface area contributed by atoms with Crippen LogP contribution in [0.3, 0.4) is 0 Å². The molecule has 0 bridgehead atoms. The predicted molar refractivity (Wildman–Crippen MR) is 82.7 cm³/mol. The normalized spacial score (nSPS) is 12.4. The fourth-order valence-electron chi connectivity index (χ4n) is 1.66. The highest BCUT2D eigenvalue weighted by molar-refractivity contribution is 9.10. The summed E-state index contributed by atoms with van der Waals surface area (Å²) in [6.45, 7) is 1.97. The van der Waals surface area contributed by atoms with E-state index < -0.39 is 0 Å². The van der Waals surface area contributed by atoms with E-state index in [9.17, 15) is 4.39 Å². The quantitative estimate of drug-likeness (QED) is 0.801. The molecule has 0 saturated heterocycles. The summed E-state index contributed by atoms with van der Waals surface area (Å²) in [4.78, 5) is 1.19. The first-order chi connectivity index (χ1) is 9.06. The maximum atomic E-state index is 13.1. The van der Waals surface area contributed by atoms with Crippen LogP contribution in [0, 0.1) is 5.82 Å². The molecule has 0 aromatic heterocycles. The second-order valence-corrected chi connectivity index (χ2v) is 6.30. The van der Waals surface area contributed by atoms with Crippen molar-refractivity contribution in [3.05, 3.63) is 63.9 Å². The van der Waals surface area contributed by atoms with Gasteiger partial charge >= 0.3 is 0 Å². The first-order valence-electron chi connectivity index (χ1n) is 5.98. The van der Waals surface area contributed by atoms with Gasteiger partial charge in [0.1, 0.15) is 5.82 Å². The molecule has 0 spiro atoms. The average molecular weight is 340 g/mol. The zero-order chi connectivity index (χ0) is 13.8. The predicted octanol–water partition coefficient (Wildman–Crippen LogP) is 4.90. The van der Waals surface area contributed by atoms with Crippen molar-refractivity contribution in [2.75, 3.05) is 0 Å². The molecule has 2 aromatic rings. The van der Waals surface area contributed by atoms with Crippen LogP contribution in [0.4, 0.5) is 4.39 Å². The van der Waals surface area contributed by atoms with Gasteiger partial charge < -0.3 is 5.73 Å². The highest BCUT2D eigenvalue weighted by Crippen LogP contribution is 2.26. The first kappa shape index (κ1) is 14.6. The van der Waals surface area contributed by atoms with Gasteiger partial charge in [0.15, 0.2) is 0 Å². The molecule has 100 valence electrons. The summed E-state index contributed by atoms with van der Waals surface area (Å²) in [5.41, 5.74) is 8.04. The largest absolute Gasteiger partial charge is 0.324 e. The van der Waals surface area contributed by atoms with Crippen molar-refractivity contribution in [1.82, 2.24) is 0 Å². The lowest BCUT2D eigenvalue weighted by atomic mass is 10.1. The van der Waals surface area contributed by atoms with E-state index >= 15 is 0 Å². The van der Waals surface area contributed by atoms with Crippen LogP contribution in [0.1, 0.15) is 24.1 Å². The van der Waals surface area contributed by atoms with Crippen molar-refractivity contribution < 1.29 is 4.39 Å². The van der Waals surface area contributed by atoms with E-state index in [-0.39, 0.29) is 11.9 Å². The van der Waals surface area contributed by atoms with Crippen molar-refractivity contribution in [1.29, 1.82) is 0 Å². The summed E-state index contributed by atoms with van der Waals surface area (Å²) >= 11 is 4.92. The topological polar surface area (TPSA) is 26.0 Å². The fourth-order valence-corrected chi connectivity index (χ4v) is 2.93. The van der Waals surface area contributed by atoms with Gasteiger partial charge in [0.25, 0.3) is 0 Å². The smallest absolute Gasteiger partial charge is 0.137 e. The Bertz CT molecular complexity index is 555. The van der Waals surface area contributed by atoms with E-state index in [1.807, 2.05) is 31.2 Å². The first-order valence-corrected chi connectivity index (χ1v) is 7.76. The van der Waals surface area contributed by atoms with Crippen molar-refractivity contribution in [3.63, 3.8) is 0 Å². The van der Waals surface area contributed by atoms with Crippen molar-refractivity contribution in [2.24, 2.45) is 5.73 Å². The van der Waals surface area contributed by atoms with Gasteiger partial charge in [-0.2, -0.15) is 0 Å². The molecule has 1 nitrogen and oxygen atoms in total. The SMILES string of the molecule is CC(N)c1ccc(SCc2ccc(F)c(Br)c2)cc1. The molecule has 19 heavy (non-hydrogen) atoms. The number of hydrogen-bond donors (Lipinski definition) is 1. The Morgan fingerprint density at radius 1 is 1.21 bits per heavy atom. The van der Waals surface area contributed by atoms with Crippen LogP contribution >= 0.6 is 27.7 Å². The highest BCUT2D eigenvalue weighted by atomic mass is 79.9. The molecule has 0 heterocycles. The minimum atomic E-state index is -0.227. The van der Waals surface area contributed by atoms with Crippen LogP contribution in [0.2, 0.25) is 0 Å². The molecular weight excluding hydrogens is 325 g/mol. The summed E-state index contributed by atoms with van der Waals surface area (Å²) in [5.74, 6) is 0.589. The number of nitrogens with two attached hydrogens (primary N) is 1. The van der Waals surface area contributed by atoms with E-state index in [1.54, 1.807) is 11.8 Å². The lowest BCUT2D eigenvalue weighted by Gasteiger charge is -2.07. The summed E-state index contributed by atoms with van der Waals surface area (Å²) in [5, 5.41) is 0. The highest BCUT2D eigenvalue weighted by Gasteiger charge is 2.03. The summed E-state index contributed by atoms with van der Waals surface area (Å²) in [7, 11) is 0. The Morgan fingerprint density at radius 2 is 1.89 bits per heavy atom. The molecule has 1 unspecified atom stereocenters. The second kappa shape index (κ2) is 6.55. The molecule has 0 aliphatic carbocycles. The van der Waals surface area contributed by atoms with E-state index in [2.05, 4.69) is 28.1 Å². The lowest BCUT2D eigenvalue weighted by Crippen LogP contribution is -2.04. The van der Waals surface area contributed by atoms with Gasteiger partial charge in [-0.1, -0.05) is 18.2 Å². The van der Waals surface area contributed by atoms with Gasteiger partial charge in [0.05, 0.1) is 4.47 Å². The third-order valence-corrected chi connectivity index (χ3v) is 4.49. The summed E-state index contributed by atoms with van der Waals surface area (Å²) in [6, 6.07) is 13.4. The number of rotatable bonds is 4. The zero-order valence-electron chi connectivity index (χ0n) is 10.6. The molecule has 2 aromatic carbocycles. The Kier molecular flexibility index (Phi) is 5.02. The van der Waals surface area contributed by atoms with Crippen LogP contribution in [0.5, 0.6) is 0 Å². The van der Waals surface area contributed by atoms with Crippen molar-refractivity contribution in [3.8, 4) is 0 Å². The molecule has 2 rings (SSSR count). The van der Waals surface area contributed by atoms with Crippen molar-refractivity contribution in [2.45, 2.75) is 23.6 Å². The van der Waals surface area contributed by atoms with Crippen LogP contribution in [0.25, 0.3) is 0 Å². The van der Waals surface area contributed by atoms with Crippen molar-refractivity contribution >= 4 is 27.7 Å². The van der Waals surface area contributed by atoms with E-state index in [4.69, 9.17) is 5.73 Å². The molecule has 4 heteroatoms. The lowest BCUT2D eigenvalue weighted by molar-refractivity contribution is 0.620. The van der Waals surface area contributed by atoms with E-state index in [1.165, 1.54) is 11.0 Å². The van der Waals surface area contributed by atoms with Gasteiger partial charge in [-0.15, -0.1) is 11.8 Å².